The van der Waals surface area contributed by atoms with E-state index in [4.69, 9.17) is 24.9 Å². The molecule has 2 heterocycles. The second-order valence-corrected chi connectivity index (χ2v) is 19.2. The van der Waals surface area contributed by atoms with Crippen molar-refractivity contribution in [3.63, 3.8) is 0 Å². The van der Waals surface area contributed by atoms with Crippen LogP contribution in [0.3, 0.4) is 0 Å². The molecule has 6 aromatic carbocycles. The van der Waals surface area contributed by atoms with Gasteiger partial charge in [-0.2, -0.15) is 0 Å². The SMILES string of the molecule is CC1CC(c2cccc(-c3ccccc3)c2)N=C(c2cccc(C3=CC4CC4C=C3)c2)N=C1C(=O)c1nc(Cc2cccc(-c3ccccc3)c2)nc(-c2cccc(CC3=CC=CC4CC34)c2)n1. The predicted molar refractivity (Wildman–Crippen MR) is 274 cm³/mol. The van der Waals surface area contributed by atoms with Gasteiger partial charge in [0, 0.05) is 23.5 Å². The van der Waals surface area contributed by atoms with Crippen LogP contribution < -0.4 is 0 Å². The van der Waals surface area contributed by atoms with Gasteiger partial charge in [0.1, 0.15) is 5.82 Å². The molecule has 330 valence electrons. The molecule has 2 fully saturated rings. The highest BCUT2D eigenvalue weighted by Crippen LogP contribution is 2.48. The van der Waals surface area contributed by atoms with Crippen molar-refractivity contribution in [1.82, 2.24) is 15.0 Å². The molecule has 5 aliphatic rings. The van der Waals surface area contributed by atoms with Gasteiger partial charge in [0.15, 0.2) is 11.7 Å². The Labute approximate surface area is 398 Å². The van der Waals surface area contributed by atoms with Crippen LogP contribution >= 0.6 is 0 Å². The van der Waals surface area contributed by atoms with Gasteiger partial charge in [0.2, 0.25) is 11.6 Å². The summed E-state index contributed by atoms with van der Waals surface area (Å²) in [6.07, 6.45) is 18.1. The molecule has 6 atom stereocenters. The summed E-state index contributed by atoms with van der Waals surface area (Å²) in [5, 5.41) is 0. The van der Waals surface area contributed by atoms with Crippen molar-refractivity contribution in [2.24, 2.45) is 39.6 Å². The maximum Gasteiger partial charge on any atom is 0.244 e. The van der Waals surface area contributed by atoms with Gasteiger partial charge >= 0.3 is 0 Å². The minimum absolute atomic E-state index is 0.0928. The summed E-state index contributed by atoms with van der Waals surface area (Å²) in [7, 11) is 0. The highest BCUT2D eigenvalue weighted by Gasteiger charge is 2.39. The van der Waals surface area contributed by atoms with Gasteiger partial charge in [-0.05, 0) is 118 Å². The van der Waals surface area contributed by atoms with Crippen molar-refractivity contribution in [2.45, 2.75) is 45.1 Å². The topological polar surface area (TPSA) is 80.5 Å². The first-order chi connectivity index (χ1) is 33.4. The largest absolute Gasteiger partial charge is 0.284 e. The van der Waals surface area contributed by atoms with Crippen molar-refractivity contribution in [3.05, 3.63) is 239 Å². The Morgan fingerprint density at radius 2 is 1.25 bits per heavy atom. The predicted octanol–water partition coefficient (Wildman–Crippen LogP) is 13.6. The van der Waals surface area contributed by atoms with Crippen molar-refractivity contribution >= 4 is 22.9 Å². The van der Waals surface area contributed by atoms with Gasteiger partial charge in [-0.15, -0.1) is 0 Å². The molecule has 0 N–H and O–H groups in total. The second kappa shape index (κ2) is 17.8. The van der Waals surface area contributed by atoms with Crippen LogP contribution in [-0.2, 0) is 12.8 Å². The maximum atomic E-state index is 15.4. The number of rotatable bonds is 12. The molecule has 6 nitrogen and oxygen atoms in total. The highest BCUT2D eigenvalue weighted by atomic mass is 16.1. The lowest BCUT2D eigenvalue weighted by Crippen LogP contribution is -2.26. The quantitative estimate of drug-likeness (QED) is 0.115. The van der Waals surface area contributed by atoms with Crippen LogP contribution in [0.1, 0.15) is 76.5 Å². The van der Waals surface area contributed by atoms with Crippen LogP contribution in [0.5, 0.6) is 0 Å². The van der Waals surface area contributed by atoms with Gasteiger partial charge in [-0.3, -0.25) is 9.79 Å². The summed E-state index contributed by atoms with van der Waals surface area (Å²) in [6.45, 7) is 2.09. The number of nitrogens with zero attached hydrogens (tertiary/aromatic N) is 5. The Bertz CT molecular complexity index is 3290. The van der Waals surface area contributed by atoms with E-state index in [1.165, 1.54) is 29.6 Å². The number of aliphatic imine (C=N–C) groups is 2. The zero-order valence-corrected chi connectivity index (χ0v) is 38.1. The summed E-state index contributed by atoms with van der Waals surface area (Å²) in [5.41, 5.74) is 13.8. The molecule has 12 rings (SSSR count). The van der Waals surface area contributed by atoms with Crippen LogP contribution in [0.4, 0.5) is 0 Å². The Morgan fingerprint density at radius 3 is 2.04 bits per heavy atom. The first-order valence-electron chi connectivity index (χ1n) is 24.2. The molecule has 0 bridgehead atoms. The minimum Gasteiger partial charge on any atom is -0.284 e. The fraction of sp³-hybridized carbons (Fsp3) is 0.194. The first-order valence-corrected chi connectivity index (χ1v) is 24.2. The molecule has 2 saturated carbocycles. The van der Waals surface area contributed by atoms with Gasteiger partial charge in [-0.1, -0.05) is 188 Å². The van der Waals surface area contributed by atoms with Crippen LogP contribution in [0.15, 0.2) is 210 Å². The third-order valence-corrected chi connectivity index (χ3v) is 14.3. The molecule has 4 aliphatic carbocycles. The normalized spacial score (nSPS) is 22.1. The molecule has 0 spiro atoms. The third kappa shape index (κ3) is 8.82. The Morgan fingerprint density at radius 1 is 0.574 bits per heavy atom. The summed E-state index contributed by atoms with van der Waals surface area (Å²) in [4.78, 5) is 41.3. The summed E-state index contributed by atoms with van der Waals surface area (Å²) < 4.78 is 0. The number of hydrogen-bond acceptors (Lipinski definition) is 6. The second-order valence-electron chi connectivity index (χ2n) is 19.2. The lowest BCUT2D eigenvalue weighted by atomic mass is 9.90. The lowest BCUT2D eigenvalue weighted by Gasteiger charge is -2.17. The number of carbonyl (C=O) groups excluding carboxylic acids is 1. The first kappa shape index (κ1) is 41.7. The smallest absolute Gasteiger partial charge is 0.244 e. The average Bonchev–Trinajstić information content (AvgIpc) is 4.33. The zero-order chi connectivity index (χ0) is 45.6. The van der Waals surface area contributed by atoms with E-state index in [-0.39, 0.29) is 23.6 Å². The molecule has 0 saturated heterocycles. The Hall–Kier alpha value is -7.70. The lowest BCUT2D eigenvalue weighted by molar-refractivity contribution is 0.105. The van der Waals surface area contributed by atoms with Gasteiger partial charge in [-0.25, -0.2) is 19.9 Å². The monoisotopic (exact) mass is 881 g/mol. The van der Waals surface area contributed by atoms with E-state index >= 15 is 4.79 Å². The number of Topliss-reactive ketones (excluding diaryl/α,β-unsaturated/α-hetero) is 1. The number of aromatic nitrogens is 3. The molecule has 0 amide bonds. The summed E-state index contributed by atoms with van der Waals surface area (Å²) in [6, 6.07) is 54.6. The van der Waals surface area contributed by atoms with E-state index in [1.807, 2.05) is 18.2 Å². The summed E-state index contributed by atoms with van der Waals surface area (Å²) in [5.74, 6) is 3.65. The van der Waals surface area contributed by atoms with E-state index in [0.717, 1.165) is 56.5 Å². The van der Waals surface area contributed by atoms with Gasteiger partial charge in [0.05, 0.1) is 11.8 Å². The molecule has 6 unspecified atom stereocenters. The minimum atomic E-state index is -0.309. The third-order valence-electron chi connectivity index (χ3n) is 14.3. The van der Waals surface area contributed by atoms with Crippen molar-refractivity contribution in [2.75, 3.05) is 0 Å². The number of allylic oxidation sites excluding steroid dienone is 8. The van der Waals surface area contributed by atoms with Gasteiger partial charge < -0.3 is 0 Å². The van der Waals surface area contributed by atoms with Crippen molar-refractivity contribution in [3.8, 4) is 33.6 Å². The van der Waals surface area contributed by atoms with E-state index in [2.05, 4.69) is 183 Å². The molecular formula is C62H51N5O. The van der Waals surface area contributed by atoms with E-state index in [9.17, 15) is 0 Å². The molecule has 1 aromatic heterocycles. The maximum absolute atomic E-state index is 15.4. The molecule has 0 radical (unpaired) electrons. The molecule has 68 heavy (non-hydrogen) atoms. The van der Waals surface area contributed by atoms with E-state index < -0.39 is 0 Å². The molecule has 1 aliphatic heterocycles. The number of fused-ring (bicyclic) bond motifs is 2. The van der Waals surface area contributed by atoms with Gasteiger partial charge in [0.25, 0.3) is 0 Å². The molecule has 6 heteroatoms. The number of ketones is 1. The Balaban J connectivity index is 0.937. The van der Waals surface area contributed by atoms with Crippen LogP contribution in [0, 0.1) is 29.6 Å². The number of hydrogen-bond donors (Lipinski definition) is 0. The van der Waals surface area contributed by atoms with Crippen LogP contribution in [0.2, 0.25) is 0 Å². The summed E-state index contributed by atoms with van der Waals surface area (Å²) >= 11 is 0. The van der Waals surface area contributed by atoms with E-state index in [0.29, 0.717) is 59.7 Å². The number of carbonyl (C=O) groups is 1. The Kier molecular flexibility index (Phi) is 10.9. The molecular weight excluding hydrogens is 831 g/mol. The number of benzene rings is 6. The van der Waals surface area contributed by atoms with Crippen LogP contribution in [-0.4, -0.2) is 32.3 Å². The fourth-order valence-electron chi connectivity index (χ4n) is 10.3. The van der Waals surface area contributed by atoms with Crippen LogP contribution in [0.25, 0.3) is 39.2 Å². The standard InChI is InChI=1S/C62H51N5O/c1-39-29-56(51-24-10-20-45(34-51)43-17-6-3-7-18-43)63-60(53-26-11-21-46(35-53)47-27-28-48-37-54(48)36-47)66-58(39)59(68)62-65-57(33-41-14-8-19-44(30-41)42-15-4-2-5-16-42)64-61(67-62)52-25-9-13-40(32-52)31-49-22-12-23-50-38-55(49)50/h2-28,30,32,34-36,39,48,50,54-56H,29,31,33,37-38H2,1H3. The van der Waals surface area contributed by atoms with E-state index in [1.54, 1.807) is 0 Å². The average molecular weight is 882 g/mol. The van der Waals surface area contributed by atoms with Crippen molar-refractivity contribution in [1.29, 1.82) is 0 Å². The zero-order valence-electron chi connectivity index (χ0n) is 38.1. The fourth-order valence-corrected chi connectivity index (χ4v) is 10.3. The molecule has 7 aromatic rings. The number of amidine groups is 1. The van der Waals surface area contributed by atoms with Crippen molar-refractivity contribution < 1.29 is 4.79 Å². The highest BCUT2D eigenvalue weighted by molar-refractivity contribution is 6.47.